The maximum absolute atomic E-state index is 12.6. The largest absolute Gasteiger partial charge is 0.459 e. The van der Waals surface area contributed by atoms with Gasteiger partial charge in [-0.3, -0.25) is 0 Å². The van der Waals surface area contributed by atoms with E-state index >= 15 is 0 Å². The Kier molecular flexibility index (Phi) is 5.34. The van der Waals surface area contributed by atoms with Crippen molar-refractivity contribution in [3.8, 4) is 0 Å². The van der Waals surface area contributed by atoms with E-state index in [-0.39, 0.29) is 35.2 Å². The molecule has 0 aromatic heterocycles. The molecule has 3 aliphatic rings. The van der Waals surface area contributed by atoms with Crippen LogP contribution in [0.4, 0.5) is 0 Å². The van der Waals surface area contributed by atoms with E-state index < -0.39 is 18.2 Å². The number of carbonyl (C=O) groups is 1. The predicted octanol–water partition coefficient (Wildman–Crippen LogP) is 3.74. The lowest BCUT2D eigenvalue weighted by molar-refractivity contribution is -0.152. The van der Waals surface area contributed by atoms with Gasteiger partial charge in [0.2, 0.25) is 0 Å². The molecular formula is C24H32O5. The van der Waals surface area contributed by atoms with Crippen LogP contribution in [0.2, 0.25) is 0 Å². The van der Waals surface area contributed by atoms with Gasteiger partial charge in [-0.25, -0.2) is 4.79 Å². The van der Waals surface area contributed by atoms with Crippen LogP contribution in [0, 0.1) is 11.8 Å². The number of hydrogen-bond acceptors (Lipinski definition) is 5. The van der Waals surface area contributed by atoms with Gasteiger partial charge in [0, 0.05) is 18.4 Å². The van der Waals surface area contributed by atoms with E-state index in [1.165, 1.54) is 6.08 Å². The Balaban J connectivity index is 1.54. The van der Waals surface area contributed by atoms with Gasteiger partial charge in [0.25, 0.3) is 0 Å². The Hall–Kier alpha value is -1.69. The molecule has 7 atom stereocenters. The molecule has 3 fully saturated rings. The van der Waals surface area contributed by atoms with E-state index in [2.05, 4.69) is 27.7 Å². The number of benzene rings is 1. The number of aliphatic hydroxyl groups is 1. The number of carbonyl (C=O) groups excluding carboxylic acids is 1. The summed E-state index contributed by atoms with van der Waals surface area (Å²) in [6, 6.07) is 9.65. The average Bonchev–Trinajstić information content (AvgIpc) is 3.53. The van der Waals surface area contributed by atoms with Crippen LogP contribution in [-0.4, -0.2) is 46.7 Å². The fourth-order valence-electron chi connectivity index (χ4n) is 4.96. The zero-order chi connectivity index (χ0) is 20.8. The molecule has 1 aliphatic carbocycles. The molecule has 4 rings (SSSR count). The Labute approximate surface area is 173 Å². The SMILES string of the molecule is CC(C)[C@H]1[C@@H](O)[C@H]2O[C@@]2(C)CC[C@H]2O[C@@]2(C)C[C@H]1OC(=O)/C=C/c1ccccc1. The fraction of sp³-hybridized carbons (Fsp3) is 0.625. The maximum Gasteiger partial charge on any atom is 0.331 e. The van der Waals surface area contributed by atoms with Crippen LogP contribution in [0.25, 0.3) is 6.08 Å². The van der Waals surface area contributed by atoms with Crippen LogP contribution in [0.3, 0.4) is 0 Å². The Morgan fingerprint density at radius 3 is 2.62 bits per heavy atom. The molecule has 158 valence electrons. The van der Waals surface area contributed by atoms with Crippen molar-refractivity contribution in [1.29, 1.82) is 0 Å². The van der Waals surface area contributed by atoms with Gasteiger partial charge in [-0.1, -0.05) is 44.2 Å². The zero-order valence-corrected chi connectivity index (χ0v) is 17.7. The first kappa shape index (κ1) is 20.6. The first-order valence-corrected chi connectivity index (χ1v) is 10.7. The fourth-order valence-corrected chi connectivity index (χ4v) is 4.96. The van der Waals surface area contributed by atoms with Gasteiger partial charge in [-0.15, -0.1) is 0 Å². The molecule has 2 aliphatic heterocycles. The standard InChI is InChI=1S/C24H32O5/c1-15(2)20-17(27-19(25)11-10-16-8-6-5-7-9-16)14-24(4)18(28-24)12-13-23(3)22(29-23)21(20)26/h5-11,15,17-18,20-22,26H,12-14H2,1-4H3/b11-10+/t17-,18-,20-,21-,22-,23+,24+/m1/s1. The number of rotatable bonds is 4. The molecule has 5 nitrogen and oxygen atoms in total. The van der Waals surface area contributed by atoms with E-state index in [9.17, 15) is 9.90 Å². The summed E-state index contributed by atoms with van der Waals surface area (Å²) in [5.74, 6) is -0.473. The highest BCUT2D eigenvalue weighted by molar-refractivity contribution is 5.87. The number of ether oxygens (including phenoxy) is 3. The molecule has 0 unspecified atom stereocenters. The van der Waals surface area contributed by atoms with Crippen molar-refractivity contribution in [2.45, 2.75) is 82.6 Å². The number of hydrogen-bond donors (Lipinski definition) is 1. The van der Waals surface area contributed by atoms with Gasteiger partial charge in [0.05, 0.1) is 23.4 Å². The molecule has 1 N–H and O–H groups in total. The third-order valence-corrected chi connectivity index (χ3v) is 6.87. The summed E-state index contributed by atoms with van der Waals surface area (Å²) in [4.78, 5) is 12.6. The highest BCUT2D eigenvalue weighted by Gasteiger charge is 2.63. The van der Waals surface area contributed by atoms with Gasteiger partial charge in [-0.05, 0) is 44.2 Å². The predicted molar refractivity (Wildman–Crippen MR) is 110 cm³/mol. The highest BCUT2D eigenvalue weighted by atomic mass is 16.6. The monoisotopic (exact) mass is 400 g/mol. The molecule has 0 spiro atoms. The molecule has 2 heterocycles. The molecule has 2 saturated heterocycles. The van der Waals surface area contributed by atoms with Crippen LogP contribution in [0.5, 0.6) is 0 Å². The topological polar surface area (TPSA) is 71.6 Å². The lowest BCUT2D eigenvalue weighted by Crippen LogP contribution is -2.45. The number of aliphatic hydroxyl groups excluding tert-OH is 1. The van der Waals surface area contributed by atoms with Gasteiger partial charge < -0.3 is 19.3 Å². The second-order valence-electron chi connectivity index (χ2n) is 9.54. The van der Waals surface area contributed by atoms with Crippen molar-refractivity contribution in [3.63, 3.8) is 0 Å². The van der Waals surface area contributed by atoms with Crippen molar-refractivity contribution in [1.82, 2.24) is 0 Å². The quantitative estimate of drug-likeness (QED) is 0.474. The molecule has 1 saturated carbocycles. The van der Waals surface area contributed by atoms with Crippen LogP contribution < -0.4 is 0 Å². The summed E-state index contributed by atoms with van der Waals surface area (Å²) >= 11 is 0. The smallest absolute Gasteiger partial charge is 0.331 e. The minimum absolute atomic E-state index is 0.134. The van der Waals surface area contributed by atoms with Crippen LogP contribution in [0.15, 0.2) is 36.4 Å². The molecule has 1 aromatic rings. The lowest BCUT2D eigenvalue weighted by Gasteiger charge is -2.34. The normalized spacial score (nSPS) is 41.5. The average molecular weight is 401 g/mol. The molecule has 0 bridgehead atoms. The summed E-state index contributed by atoms with van der Waals surface area (Å²) in [5.41, 5.74) is 0.327. The number of esters is 1. The lowest BCUT2D eigenvalue weighted by atomic mass is 9.76. The minimum Gasteiger partial charge on any atom is -0.459 e. The van der Waals surface area contributed by atoms with E-state index in [4.69, 9.17) is 14.2 Å². The van der Waals surface area contributed by atoms with E-state index in [0.29, 0.717) is 6.42 Å². The second kappa shape index (κ2) is 7.53. The second-order valence-corrected chi connectivity index (χ2v) is 9.54. The first-order chi connectivity index (χ1) is 13.7. The number of epoxide rings is 2. The molecule has 0 radical (unpaired) electrons. The third-order valence-electron chi connectivity index (χ3n) is 6.87. The molecular weight excluding hydrogens is 368 g/mol. The summed E-state index contributed by atoms with van der Waals surface area (Å²) < 4.78 is 17.9. The summed E-state index contributed by atoms with van der Waals surface area (Å²) in [7, 11) is 0. The minimum atomic E-state index is -0.671. The molecule has 0 amide bonds. The molecule has 5 heteroatoms. The maximum atomic E-state index is 12.6. The van der Waals surface area contributed by atoms with Crippen molar-refractivity contribution >= 4 is 12.0 Å². The van der Waals surface area contributed by atoms with Gasteiger partial charge in [-0.2, -0.15) is 0 Å². The first-order valence-electron chi connectivity index (χ1n) is 10.7. The van der Waals surface area contributed by atoms with E-state index in [1.807, 2.05) is 30.3 Å². The van der Waals surface area contributed by atoms with Crippen molar-refractivity contribution < 1.29 is 24.1 Å². The van der Waals surface area contributed by atoms with Gasteiger partial charge >= 0.3 is 5.97 Å². The molecule has 1 aromatic carbocycles. The number of fused-ring (bicyclic) bond motifs is 2. The van der Waals surface area contributed by atoms with Crippen molar-refractivity contribution in [2.75, 3.05) is 0 Å². The van der Waals surface area contributed by atoms with Gasteiger partial charge in [0.15, 0.2) is 0 Å². The summed E-state index contributed by atoms with van der Waals surface area (Å²) in [6.07, 6.45) is 4.43. The summed E-state index contributed by atoms with van der Waals surface area (Å²) in [5, 5.41) is 11.1. The summed E-state index contributed by atoms with van der Waals surface area (Å²) in [6.45, 7) is 8.27. The van der Waals surface area contributed by atoms with Crippen molar-refractivity contribution in [3.05, 3.63) is 42.0 Å². The Morgan fingerprint density at radius 2 is 1.93 bits per heavy atom. The van der Waals surface area contributed by atoms with Crippen LogP contribution in [0.1, 0.15) is 52.5 Å². The van der Waals surface area contributed by atoms with E-state index in [0.717, 1.165) is 18.4 Å². The highest BCUT2D eigenvalue weighted by Crippen LogP contribution is 2.52. The van der Waals surface area contributed by atoms with Gasteiger partial charge in [0.1, 0.15) is 12.2 Å². The van der Waals surface area contributed by atoms with E-state index in [1.54, 1.807) is 6.08 Å². The zero-order valence-electron chi connectivity index (χ0n) is 17.7. The van der Waals surface area contributed by atoms with Crippen molar-refractivity contribution in [2.24, 2.45) is 11.8 Å². The third kappa shape index (κ3) is 4.27. The van der Waals surface area contributed by atoms with Crippen LogP contribution in [-0.2, 0) is 19.0 Å². The Bertz CT molecular complexity index is 775. The van der Waals surface area contributed by atoms with Crippen LogP contribution >= 0.6 is 0 Å². The molecule has 29 heavy (non-hydrogen) atoms. The Morgan fingerprint density at radius 1 is 1.21 bits per heavy atom.